The van der Waals surface area contributed by atoms with Crippen LogP contribution in [0.1, 0.15) is 31.2 Å². The van der Waals surface area contributed by atoms with Gasteiger partial charge in [0.15, 0.2) is 0 Å². The van der Waals surface area contributed by atoms with Crippen molar-refractivity contribution in [2.24, 2.45) is 0 Å². The van der Waals surface area contributed by atoms with E-state index in [0.29, 0.717) is 12.1 Å². The van der Waals surface area contributed by atoms with Crippen molar-refractivity contribution in [1.82, 2.24) is 10.2 Å². The van der Waals surface area contributed by atoms with Crippen molar-refractivity contribution < 1.29 is 4.39 Å². The van der Waals surface area contributed by atoms with Gasteiger partial charge in [0.05, 0.1) is 5.69 Å². The van der Waals surface area contributed by atoms with Crippen molar-refractivity contribution in [3.05, 3.63) is 29.6 Å². The highest BCUT2D eigenvalue weighted by molar-refractivity contribution is 5.54. The minimum atomic E-state index is -0.103. The Labute approximate surface area is 127 Å². The zero-order valence-electron chi connectivity index (χ0n) is 13.1. The number of hydrogen-bond acceptors (Lipinski definition) is 3. The van der Waals surface area contributed by atoms with Gasteiger partial charge in [0, 0.05) is 32.2 Å². The molecule has 0 bridgehead atoms. The van der Waals surface area contributed by atoms with Crippen LogP contribution in [0.5, 0.6) is 0 Å². The number of anilines is 1. The van der Waals surface area contributed by atoms with Crippen LogP contribution < -0.4 is 10.2 Å². The van der Waals surface area contributed by atoms with Gasteiger partial charge in [-0.1, -0.05) is 12.1 Å². The summed E-state index contributed by atoms with van der Waals surface area (Å²) >= 11 is 0. The number of halogens is 1. The van der Waals surface area contributed by atoms with Gasteiger partial charge >= 0.3 is 0 Å². The maximum atomic E-state index is 14.3. The summed E-state index contributed by atoms with van der Waals surface area (Å²) in [6.45, 7) is 2.82. The Hall–Kier alpha value is -1.13. The van der Waals surface area contributed by atoms with E-state index in [1.54, 1.807) is 6.07 Å². The topological polar surface area (TPSA) is 18.5 Å². The summed E-state index contributed by atoms with van der Waals surface area (Å²) < 4.78 is 14.3. The first-order valence-corrected chi connectivity index (χ1v) is 8.07. The largest absolute Gasteiger partial charge is 0.370 e. The van der Waals surface area contributed by atoms with E-state index < -0.39 is 0 Å². The van der Waals surface area contributed by atoms with Gasteiger partial charge in [-0.15, -0.1) is 0 Å². The van der Waals surface area contributed by atoms with Crippen LogP contribution in [0.2, 0.25) is 0 Å². The van der Waals surface area contributed by atoms with Crippen molar-refractivity contribution in [3.63, 3.8) is 0 Å². The number of rotatable bonds is 6. The number of nitrogens with zero attached hydrogens (tertiary/aromatic N) is 2. The number of likely N-dealkylation sites (tertiary alicyclic amines) is 1. The lowest BCUT2D eigenvalue weighted by atomic mass is 10.1. The molecule has 21 heavy (non-hydrogen) atoms. The fourth-order valence-corrected chi connectivity index (χ4v) is 3.29. The first-order chi connectivity index (χ1) is 10.1. The molecule has 0 amide bonds. The molecular weight excluding hydrogens is 265 g/mol. The second-order valence-electron chi connectivity index (χ2n) is 6.56. The lowest BCUT2D eigenvalue weighted by Crippen LogP contribution is -2.37. The Morgan fingerprint density at radius 3 is 2.81 bits per heavy atom. The summed E-state index contributed by atoms with van der Waals surface area (Å²) in [6.07, 6.45) is 4.98. The molecule has 3 rings (SSSR count). The first kappa shape index (κ1) is 14.8. The number of nitrogens with one attached hydrogen (secondary N) is 1. The molecule has 4 heteroatoms. The third-order valence-corrected chi connectivity index (χ3v) is 4.77. The summed E-state index contributed by atoms with van der Waals surface area (Å²) in [5, 5.41) is 3.49. The van der Waals surface area contributed by atoms with Crippen LogP contribution in [0.15, 0.2) is 18.2 Å². The number of benzene rings is 1. The second-order valence-corrected chi connectivity index (χ2v) is 6.56. The van der Waals surface area contributed by atoms with Gasteiger partial charge in [0.25, 0.3) is 0 Å². The molecule has 1 aliphatic heterocycles. The van der Waals surface area contributed by atoms with Gasteiger partial charge < -0.3 is 15.1 Å². The molecule has 1 aromatic rings. The van der Waals surface area contributed by atoms with Gasteiger partial charge in [-0.3, -0.25) is 0 Å². The number of likely N-dealkylation sites (N-methyl/N-ethyl adjacent to an activating group) is 2. The van der Waals surface area contributed by atoms with E-state index in [2.05, 4.69) is 22.2 Å². The van der Waals surface area contributed by atoms with E-state index in [0.717, 1.165) is 30.9 Å². The molecule has 3 nitrogen and oxygen atoms in total. The molecule has 2 fully saturated rings. The van der Waals surface area contributed by atoms with Crippen LogP contribution in [0.4, 0.5) is 10.1 Å². The molecule has 1 saturated heterocycles. The van der Waals surface area contributed by atoms with Crippen LogP contribution in [-0.2, 0) is 6.54 Å². The SMILES string of the molecule is CN(CC1CCCN1C)c1c(F)cccc1CNC1CC1. The number of para-hydroxylation sites is 1. The third kappa shape index (κ3) is 3.55. The predicted octanol–water partition coefficient (Wildman–Crippen LogP) is 2.61. The van der Waals surface area contributed by atoms with Gasteiger partial charge in [0.1, 0.15) is 5.82 Å². The zero-order chi connectivity index (χ0) is 14.8. The molecule has 1 saturated carbocycles. The Bertz CT molecular complexity index is 487. The second kappa shape index (κ2) is 6.32. The smallest absolute Gasteiger partial charge is 0.146 e. The van der Waals surface area contributed by atoms with Crippen molar-refractivity contribution in [1.29, 1.82) is 0 Å². The Morgan fingerprint density at radius 1 is 1.33 bits per heavy atom. The van der Waals surface area contributed by atoms with Gasteiger partial charge in [-0.05, 0) is 50.9 Å². The quantitative estimate of drug-likeness (QED) is 0.869. The molecule has 1 aliphatic carbocycles. The normalized spacial score (nSPS) is 22.7. The van der Waals surface area contributed by atoms with Crippen LogP contribution in [0.25, 0.3) is 0 Å². The van der Waals surface area contributed by atoms with E-state index in [1.807, 2.05) is 19.2 Å². The van der Waals surface area contributed by atoms with Crippen molar-refractivity contribution in [2.45, 2.75) is 44.3 Å². The summed E-state index contributed by atoms with van der Waals surface area (Å²) in [5.74, 6) is -0.103. The summed E-state index contributed by atoms with van der Waals surface area (Å²) in [7, 11) is 4.19. The summed E-state index contributed by atoms with van der Waals surface area (Å²) in [4.78, 5) is 4.49. The average Bonchev–Trinajstić information content (AvgIpc) is 3.20. The van der Waals surface area contributed by atoms with Gasteiger partial charge in [-0.25, -0.2) is 4.39 Å². The summed E-state index contributed by atoms with van der Waals surface area (Å²) in [5.41, 5.74) is 1.84. The van der Waals surface area contributed by atoms with Gasteiger partial charge in [0.2, 0.25) is 0 Å². The van der Waals surface area contributed by atoms with Crippen molar-refractivity contribution in [2.75, 3.05) is 32.1 Å². The molecule has 0 radical (unpaired) electrons. The lowest BCUT2D eigenvalue weighted by Gasteiger charge is -2.29. The van der Waals surface area contributed by atoms with Gasteiger partial charge in [-0.2, -0.15) is 0 Å². The van der Waals surface area contributed by atoms with E-state index in [1.165, 1.54) is 25.7 Å². The molecule has 1 heterocycles. The van der Waals surface area contributed by atoms with Crippen LogP contribution in [-0.4, -0.2) is 44.2 Å². The van der Waals surface area contributed by atoms with Crippen LogP contribution in [0, 0.1) is 5.82 Å². The van der Waals surface area contributed by atoms with Crippen LogP contribution >= 0.6 is 0 Å². The minimum Gasteiger partial charge on any atom is -0.370 e. The standard InChI is InChI=1S/C17H26FN3/c1-20-10-4-6-15(20)12-21(2)17-13(5-3-7-16(17)18)11-19-14-8-9-14/h3,5,7,14-15,19H,4,6,8-12H2,1-2H3. The van der Waals surface area contributed by atoms with Crippen molar-refractivity contribution in [3.8, 4) is 0 Å². The Kier molecular flexibility index (Phi) is 4.45. The van der Waals surface area contributed by atoms with E-state index in [9.17, 15) is 4.39 Å². The predicted molar refractivity (Wildman–Crippen MR) is 85.2 cm³/mol. The maximum Gasteiger partial charge on any atom is 0.146 e. The average molecular weight is 291 g/mol. The molecule has 2 aliphatic rings. The molecule has 1 atom stereocenters. The molecule has 1 aromatic carbocycles. The molecule has 116 valence electrons. The highest BCUT2D eigenvalue weighted by atomic mass is 19.1. The van der Waals surface area contributed by atoms with E-state index >= 15 is 0 Å². The number of hydrogen-bond donors (Lipinski definition) is 1. The zero-order valence-corrected chi connectivity index (χ0v) is 13.1. The fourth-order valence-electron chi connectivity index (χ4n) is 3.29. The molecule has 1 N–H and O–H groups in total. The highest BCUT2D eigenvalue weighted by Gasteiger charge is 2.25. The highest BCUT2D eigenvalue weighted by Crippen LogP contribution is 2.27. The lowest BCUT2D eigenvalue weighted by molar-refractivity contribution is 0.313. The Morgan fingerprint density at radius 2 is 2.14 bits per heavy atom. The minimum absolute atomic E-state index is 0.103. The van der Waals surface area contributed by atoms with E-state index in [4.69, 9.17) is 0 Å². The monoisotopic (exact) mass is 291 g/mol. The third-order valence-electron chi connectivity index (χ3n) is 4.77. The molecule has 0 spiro atoms. The Balaban J connectivity index is 1.71. The summed E-state index contributed by atoms with van der Waals surface area (Å²) in [6, 6.07) is 6.62. The van der Waals surface area contributed by atoms with Crippen LogP contribution in [0.3, 0.4) is 0 Å². The first-order valence-electron chi connectivity index (χ1n) is 8.07. The molecule has 0 aromatic heterocycles. The fraction of sp³-hybridized carbons (Fsp3) is 0.647. The van der Waals surface area contributed by atoms with Crippen molar-refractivity contribution >= 4 is 5.69 Å². The maximum absolute atomic E-state index is 14.3. The van der Waals surface area contributed by atoms with E-state index in [-0.39, 0.29) is 5.82 Å². The molecule has 1 unspecified atom stereocenters. The molecular formula is C17H26FN3.